The lowest BCUT2D eigenvalue weighted by atomic mass is 10.0. The van der Waals surface area contributed by atoms with Crippen LogP contribution in [0.1, 0.15) is 28.4 Å². The van der Waals surface area contributed by atoms with Gasteiger partial charge in [-0.15, -0.1) is 0 Å². The molecule has 0 aliphatic heterocycles. The molecule has 0 spiro atoms. The number of Topliss-reactive ketones (excluding diaryl/α,β-unsaturated/α-hetero) is 1. The van der Waals surface area contributed by atoms with Gasteiger partial charge in [0.05, 0.1) is 20.8 Å². The molecule has 0 unspecified atom stereocenters. The van der Waals surface area contributed by atoms with E-state index in [1.807, 2.05) is 38.1 Å². The molecule has 2 aromatic carbocycles. The van der Waals surface area contributed by atoms with Crippen LogP contribution in [0, 0.1) is 13.8 Å². The van der Waals surface area contributed by atoms with Gasteiger partial charge in [-0.1, -0.05) is 0 Å². The Bertz CT molecular complexity index is 2000. The van der Waals surface area contributed by atoms with Gasteiger partial charge in [0.1, 0.15) is 17.1 Å². The third-order valence-electron chi connectivity index (χ3n) is 6.21. The Labute approximate surface area is 237 Å². The van der Waals surface area contributed by atoms with Gasteiger partial charge < -0.3 is 8.83 Å². The predicted octanol–water partition coefficient (Wildman–Crippen LogP) is 7.29. The smallest absolute Gasteiger partial charge is 0.193 e. The van der Waals surface area contributed by atoms with Crippen molar-refractivity contribution in [2.75, 3.05) is 0 Å². The Morgan fingerprint density at radius 2 is 1.12 bits per heavy atom. The summed E-state index contributed by atoms with van der Waals surface area (Å²) in [6.07, 6.45) is 6.59. The number of ketones is 1. The number of hydrogen-bond acceptors (Lipinski definition) is 7. The SMILES string of the molecule is CC(=O)c1cc(C)cc2c(=O)cc(-c3ccncc3)oc12.Cc1cc(Br)c2oc(-c3ccncc3)cc(=O)c2c1. The largest absolute Gasteiger partial charge is 0.455 e. The number of aryl methyl sites for hydroxylation is 2. The fourth-order valence-corrected chi connectivity index (χ4v) is 4.99. The minimum atomic E-state index is -0.158. The normalized spacial score (nSPS) is 10.8. The highest BCUT2D eigenvalue weighted by Gasteiger charge is 2.14. The zero-order valence-corrected chi connectivity index (χ0v) is 23.5. The monoisotopic (exact) mass is 594 g/mol. The molecule has 198 valence electrons. The number of halogens is 1. The van der Waals surface area contributed by atoms with Crippen LogP contribution in [0.4, 0.5) is 0 Å². The molecule has 6 rings (SSSR count). The molecule has 40 heavy (non-hydrogen) atoms. The second-order valence-corrected chi connectivity index (χ2v) is 10.1. The maximum absolute atomic E-state index is 12.3. The van der Waals surface area contributed by atoms with Crippen molar-refractivity contribution in [3.05, 3.63) is 127 Å². The van der Waals surface area contributed by atoms with Gasteiger partial charge in [-0.2, -0.15) is 0 Å². The number of rotatable bonds is 3. The summed E-state index contributed by atoms with van der Waals surface area (Å²) < 4.78 is 12.5. The van der Waals surface area contributed by atoms with Crippen LogP contribution < -0.4 is 10.9 Å². The molecule has 4 heterocycles. The molecule has 0 aliphatic carbocycles. The fourth-order valence-electron chi connectivity index (χ4n) is 4.33. The molecule has 7 nitrogen and oxygen atoms in total. The number of nitrogens with zero attached hydrogens (tertiary/aromatic N) is 2. The lowest BCUT2D eigenvalue weighted by molar-refractivity contribution is 0.101. The van der Waals surface area contributed by atoms with Crippen molar-refractivity contribution in [3.63, 3.8) is 0 Å². The van der Waals surface area contributed by atoms with E-state index in [0.717, 1.165) is 26.7 Å². The number of benzene rings is 2. The van der Waals surface area contributed by atoms with Gasteiger partial charge in [-0.05, 0) is 96.4 Å². The van der Waals surface area contributed by atoms with E-state index in [1.54, 1.807) is 49.1 Å². The van der Waals surface area contributed by atoms with Gasteiger partial charge in [0.2, 0.25) is 0 Å². The number of carbonyl (C=O) groups excluding carboxylic acids is 1. The van der Waals surface area contributed by atoms with Crippen LogP contribution in [0.5, 0.6) is 0 Å². The molecular weight excluding hydrogens is 572 g/mol. The van der Waals surface area contributed by atoms with E-state index >= 15 is 0 Å². The van der Waals surface area contributed by atoms with Crippen LogP contribution >= 0.6 is 15.9 Å². The van der Waals surface area contributed by atoms with Crippen LogP contribution in [-0.4, -0.2) is 15.8 Å². The zero-order chi connectivity index (χ0) is 28.4. The number of fused-ring (bicyclic) bond motifs is 2. The molecule has 6 aromatic rings. The minimum Gasteiger partial charge on any atom is -0.455 e. The zero-order valence-electron chi connectivity index (χ0n) is 21.9. The van der Waals surface area contributed by atoms with Crippen LogP contribution in [0.2, 0.25) is 0 Å². The van der Waals surface area contributed by atoms with Crippen LogP contribution in [0.15, 0.2) is 108 Å². The Morgan fingerprint density at radius 3 is 1.62 bits per heavy atom. The first-order valence-electron chi connectivity index (χ1n) is 12.4. The quantitative estimate of drug-likeness (QED) is 0.198. The molecule has 0 bridgehead atoms. The van der Waals surface area contributed by atoms with Crippen molar-refractivity contribution in [3.8, 4) is 22.6 Å². The van der Waals surface area contributed by atoms with E-state index in [0.29, 0.717) is 39.0 Å². The standard InChI is InChI=1S/C17H13NO3.C15H10BrNO2/c1-10-7-13(11(2)19)17-14(8-10)15(20)9-16(21-17)12-3-5-18-6-4-12;1-9-6-11-13(18)8-14(10-2-4-17-5-3-10)19-15(11)12(16)7-9/h3-9H,1-2H3;2-8H,1H3. The van der Waals surface area contributed by atoms with Gasteiger partial charge in [-0.25, -0.2) is 0 Å². The van der Waals surface area contributed by atoms with Crippen molar-refractivity contribution in [1.82, 2.24) is 9.97 Å². The average molecular weight is 595 g/mol. The molecule has 0 saturated carbocycles. The topological polar surface area (TPSA) is 103 Å². The molecule has 0 saturated heterocycles. The van der Waals surface area contributed by atoms with E-state index in [2.05, 4.69) is 25.9 Å². The maximum Gasteiger partial charge on any atom is 0.193 e. The molecule has 8 heteroatoms. The van der Waals surface area contributed by atoms with E-state index in [9.17, 15) is 14.4 Å². The molecular formula is C32H23BrN2O5. The number of aromatic nitrogens is 2. The van der Waals surface area contributed by atoms with Crippen LogP contribution in [0.25, 0.3) is 44.6 Å². The lowest BCUT2D eigenvalue weighted by Gasteiger charge is -2.07. The number of hydrogen-bond donors (Lipinski definition) is 0. The Kier molecular flexibility index (Phi) is 7.53. The summed E-state index contributed by atoms with van der Waals surface area (Å²) in [5, 5.41) is 1.02. The van der Waals surface area contributed by atoms with Crippen molar-refractivity contribution >= 4 is 43.7 Å². The van der Waals surface area contributed by atoms with Crippen molar-refractivity contribution < 1.29 is 13.6 Å². The number of carbonyl (C=O) groups is 1. The Hall–Kier alpha value is -4.69. The summed E-state index contributed by atoms with van der Waals surface area (Å²) in [5.74, 6) is 0.851. The minimum absolute atomic E-state index is 0.0440. The maximum atomic E-state index is 12.3. The van der Waals surface area contributed by atoms with Gasteiger partial charge in [0.25, 0.3) is 0 Å². The van der Waals surface area contributed by atoms with E-state index < -0.39 is 0 Å². The van der Waals surface area contributed by atoms with Crippen molar-refractivity contribution in [1.29, 1.82) is 0 Å². The highest BCUT2D eigenvalue weighted by molar-refractivity contribution is 9.10. The highest BCUT2D eigenvalue weighted by Crippen LogP contribution is 2.28. The van der Waals surface area contributed by atoms with Gasteiger partial charge >= 0.3 is 0 Å². The van der Waals surface area contributed by atoms with Gasteiger partial charge in [0.15, 0.2) is 22.2 Å². The molecule has 0 aliphatic rings. The third-order valence-corrected chi connectivity index (χ3v) is 6.80. The lowest BCUT2D eigenvalue weighted by Crippen LogP contribution is -2.04. The summed E-state index contributed by atoms with van der Waals surface area (Å²) >= 11 is 3.44. The van der Waals surface area contributed by atoms with Gasteiger partial charge in [0, 0.05) is 48.0 Å². The third kappa shape index (κ3) is 5.53. The predicted molar refractivity (Wildman–Crippen MR) is 159 cm³/mol. The second-order valence-electron chi connectivity index (χ2n) is 9.29. The summed E-state index contributed by atoms with van der Waals surface area (Å²) in [6.45, 7) is 5.26. The summed E-state index contributed by atoms with van der Waals surface area (Å²) in [4.78, 5) is 44.2. The first-order chi connectivity index (χ1) is 19.2. The van der Waals surface area contributed by atoms with E-state index in [-0.39, 0.29) is 16.6 Å². The molecule has 0 atom stereocenters. The summed E-state index contributed by atoms with van der Waals surface area (Å²) in [7, 11) is 0. The Balaban J connectivity index is 0.000000162. The summed E-state index contributed by atoms with van der Waals surface area (Å²) in [6, 6.07) is 17.3. The molecule has 0 amide bonds. The van der Waals surface area contributed by atoms with Crippen molar-refractivity contribution in [2.24, 2.45) is 0 Å². The van der Waals surface area contributed by atoms with E-state index in [1.165, 1.54) is 19.1 Å². The molecule has 0 fully saturated rings. The van der Waals surface area contributed by atoms with Crippen molar-refractivity contribution in [2.45, 2.75) is 20.8 Å². The molecule has 0 N–H and O–H groups in total. The molecule has 4 aromatic heterocycles. The fraction of sp³-hybridized carbons (Fsp3) is 0.0938. The first-order valence-corrected chi connectivity index (χ1v) is 13.1. The van der Waals surface area contributed by atoms with Crippen LogP contribution in [0.3, 0.4) is 0 Å². The van der Waals surface area contributed by atoms with Crippen LogP contribution in [-0.2, 0) is 0 Å². The summed E-state index contributed by atoms with van der Waals surface area (Å²) in [5.41, 5.74) is 4.60. The molecule has 0 radical (unpaired) electrons. The average Bonchev–Trinajstić information content (AvgIpc) is 2.94. The highest BCUT2D eigenvalue weighted by atomic mass is 79.9. The first kappa shape index (κ1) is 26.9. The Morgan fingerprint density at radius 1 is 0.675 bits per heavy atom. The second kappa shape index (κ2) is 11.2. The van der Waals surface area contributed by atoms with E-state index in [4.69, 9.17) is 8.83 Å². The number of pyridine rings is 2. The van der Waals surface area contributed by atoms with Gasteiger partial charge in [-0.3, -0.25) is 24.4 Å².